The third-order valence-corrected chi connectivity index (χ3v) is 2.16. The summed E-state index contributed by atoms with van der Waals surface area (Å²) >= 11 is 0. The standard InChI is InChI=1S/C13H28O3/c1-5-7-9-15-11-13(4)16-12(3)10-14-8-6-2/h12-13H,5-11H2,1-4H3. The van der Waals surface area contributed by atoms with E-state index < -0.39 is 0 Å². The van der Waals surface area contributed by atoms with Gasteiger partial charge in [0.15, 0.2) is 0 Å². The molecule has 0 radical (unpaired) electrons. The second-order valence-corrected chi connectivity index (χ2v) is 4.26. The van der Waals surface area contributed by atoms with Gasteiger partial charge in [0, 0.05) is 13.2 Å². The molecule has 3 heteroatoms. The summed E-state index contributed by atoms with van der Waals surface area (Å²) in [7, 11) is 0. The maximum atomic E-state index is 5.73. The van der Waals surface area contributed by atoms with Crippen molar-refractivity contribution in [3.8, 4) is 0 Å². The van der Waals surface area contributed by atoms with Crippen LogP contribution in [0.4, 0.5) is 0 Å². The fraction of sp³-hybridized carbons (Fsp3) is 1.00. The van der Waals surface area contributed by atoms with E-state index >= 15 is 0 Å². The summed E-state index contributed by atoms with van der Waals surface area (Å²) < 4.78 is 16.6. The SMILES string of the molecule is CCCCOCC(C)OC(C)COCCC. The van der Waals surface area contributed by atoms with Gasteiger partial charge >= 0.3 is 0 Å². The average Bonchev–Trinajstić information content (AvgIpc) is 2.25. The van der Waals surface area contributed by atoms with Crippen molar-refractivity contribution in [2.45, 2.75) is 59.2 Å². The molecule has 2 unspecified atom stereocenters. The van der Waals surface area contributed by atoms with Crippen LogP contribution in [0.3, 0.4) is 0 Å². The molecule has 0 heterocycles. The molecule has 3 nitrogen and oxygen atoms in total. The summed E-state index contributed by atoms with van der Waals surface area (Å²) in [6, 6.07) is 0. The Morgan fingerprint density at radius 3 is 1.88 bits per heavy atom. The van der Waals surface area contributed by atoms with E-state index in [0.717, 1.165) is 26.1 Å². The fourth-order valence-corrected chi connectivity index (χ4v) is 1.36. The Bertz CT molecular complexity index is 139. The predicted molar refractivity (Wildman–Crippen MR) is 66.8 cm³/mol. The first-order valence-electron chi connectivity index (χ1n) is 6.51. The number of ether oxygens (including phenoxy) is 3. The highest BCUT2D eigenvalue weighted by Crippen LogP contribution is 2.01. The molecule has 0 rings (SSSR count). The highest BCUT2D eigenvalue weighted by Gasteiger charge is 2.08. The van der Waals surface area contributed by atoms with E-state index in [-0.39, 0.29) is 12.2 Å². The molecule has 0 bridgehead atoms. The Kier molecular flexibility index (Phi) is 11.3. The highest BCUT2D eigenvalue weighted by molar-refractivity contribution is 4.54. The van der Waals surface area contributed by atoms with Gasteiger partial charge in [-0.15, -0.1) is 0 Å². The molecule has 0 aromatic heterocycles. The largest absolute Gasteiger partial charge is 0.379 e. The van der Waals surface area contributed by atoms with Gasteiger partial charge in [0.05, 0.1) is 25.4 Å². The van der Waals surface area contributed by atoms with E-state index in [2.05, 4.69) is 13.8 Å². The van der Waals surface area contributed by atoms with Crippen LogP contribution >= 0.6 is 0 Å². The summed E-state index contributed by atoms with van der Waals surface area (Å²) in [5.74, 6) is 0. The summed E-state index contributed by atoms with van der Waals surface area (Å²) in [5, 5.41) is 0. The number of rotatable bonds is 11. The third kappa shape index (κ3) is 10.4. The molecule has 0 N–H and O–H groups in total. The zero-order chi connectivity index (χ0) is 12.2. The number of hydrogen-bond donors (Lipinski definition) is 0. The normalized spacial score (nSPS) is 15.0. The first-order chi connectivity index (χ1) is 7.70. The van der Waals surface area contributed by atoms with Gasteiger partial charge in [0.2, 0.25) is 0 Å². The van der Waals surface area contributed by atoms with E-state index in [1.54, 1.807) is 0 Å². The minimum absolute atomic E-state index is 0.149. The van der Waals surface area contributed by atoms with Crippen LogP contribution in [0, 0.1) is 0 Å². The second kappa shape index (κ2) is 11.4. The van der Waals surface area contributed by atoms with Crippen LogP contribution in [-0.4, -0.2) is 38.6 Å². The molecular formula is C13H28O3. The quantitative estimate of drug-likeness (QED) is 0.512. The molecule has 0 aliphatic heterocycles. The van der Waals surface area contributed by atoms with Gasteiger partial charge in [0.25, 0.3) is 0 Å². The van der Waals surface area contributed by atoms with Gasteiger partial charge in [-0.05, 0) is 26.7 Å². The molecule has 2 atom stereocenters. The molecular weight excluding hydrogens is 204 g/mol. The van der Waals surface area contributed by atoms with Gasteiger partial charge in [-0.3, -0.25) is 0 Å². The van der Waals surface area contributed by atoms with E-state index in [4.69, 9.17) is 14.2 Å². The molecule has 0 fully saturated rings. The van der Waals surface area contributed by atoms with Gasteiger partial charge in [-0.25, -0.2) is 0 Å². The van der Waals surface area contributed by atoms with Crippen molar-refractivity contribution in [1.82, 2.24) is 0 Å². The molecule has 0 saturated heterocycles. The topological polar surface area (TPSA) is 27.7 Å². The first kappa shape index (κ1) is 15.9. The summed E-state index contributed by atoms with van der Waals surface area (Å²) in [6.45, 7) is 11.4. The van der Waals surface area contributed by atoms with Crippen LogP contribution in [0.25, 0.3) is 0 Å². The third-order valence-electron chi connectivity index (χ3n) is 2.16. The second-order valence-electron chi connectivity index (χ2n) is 4.26. The lowest BCUT2D eigenvalue weighted by molar-refractivity contribution is -0.0707. The average molecular weight is 232 g/mol. The van der Waals surface area contributed by atoms with Gasteiger partial charge in [-0.2, -0.15) is 0 Å². The van der Waals surface area contributed by atoms with Gasteiger partial charge in [0.1, 0.15) is 0 Å². The van der Waals surface area contributed by atoms with Crippen molar-refractivity contribution in [2.24, 2.45) is 0 Å². The first-order valence-corrected chi connectivity index (χ1v) is 6.51. The Morgan fingerprint density at radius 2 is 1.38 bits per heavy atom. The summed E-state index contributed by atoms with van der Waals surface area (Å²) in [5.41, 5.74) is 0. The van der Waals surface area contributed by atoms with E-state index in [1.165, 1.54) is 6.42 Å². The van der Waals surface area contributed by atoms with Crippen LogP contribution in [0.1, 0.15) is 47.0 Å². The Morgan fingerprint density at radius 1 is 0.812 bits per heavy atom. The highest BCUT2D eigenvalue weighted by atomic mass is 16.6. The van der Waals surface area contributed by atoms with Crippen molar-refractivity contribution in [1.29, 1.82) is 0 Å². The molecule has 98 valence electrons. The molecule has 16 heavy (non-hydrogen) atoms. The molecule has 0 aliphatic rings. The lowest BCUT2D eigenvalue weighted by atomic mass is 10.3. The lowest BCUT2D eigenvalue weighted by Gasteiger charge is -2.19. The molecule has 0 amide bonds. The van der Waals surface area contributed by atoms with Crippen LogP contribution < -0.4 is 0 Å². The van der Waals surface area contributed by atoms with Gasteiger partial charge < -0.3 is 14.2 Å². The van der Waals surface area contributed by atoms with Gasteiger partial charge in [-0.1, -0.05) is 20.3 Å². The minimum atomic E-state index is 0.149. The fourth-order valence-electron chi connectivity index (χ4n) is 1.36. The summed E-state index contributed by atoms with van der Waals surface area (Å²) in [4.78, 5) is 0. The van der Waals surface area contributed by atoms with Crippen molar-refractivity contribution in [2.75, 3.05) is 26.4 Å². The van der Waals surface area contributed by atoms with E-state index in [1.807, 2.05) is 13.8 Å². The smallest absolute Gasteiger partial charge is 0.0785 e. The summed E-state index contributed by atoms with van der Waals surface area (Å²) in [6.07, 6.45) is 3.66. The maximum absolute atomic E-state index is 5.73. The van der Waals surface area contributed by atoms with E-state index in [9.17, 15) is 0 Å². The van der Waals surface area contributed by atoms with Crippen LogP contribution in [-0.2, 0) is 14.2 Å². The Labute approximate surface area is 100 Å². The Hall–Kier alpha value is -0.120. The van der Waals surface area contributed by atoms with Crippen molar-refractivity contribution in [3.63, 3.8) is 0 Å². The monoisotopic (exact) mass is 232 g/mol. The number of unbranched alkanes of at least 4 members (excludes halogenated alkanes) is 1. The van der Waals surface area contributed by atoms with Crippen LogP contribution in [0.2, 0.25) is 0 Å². The van der Waals surface area contributed by atoms with Crippen LogP contribution in [0.15, 0.2) is 0 Å². The van der Waals surface area contributed by atoms with E-state index in [0.29, 0.717) is 13.2 Å². The molecule has 0 spiro atoms. The Balaban J connectivity index is 3.35. The lowest BCUT2D eigenvalue weighted by Crippen LogP contribution is -2.25. The molecule has 0 aromatic carbocycles. The molecule has 0 saturated carbocycles. The van der Waals surface area contributed by atoms with Crippen molar-refractivity contribution >= 4 is 0 Å². The minimum Gasteiger partial charge on any atom is -0.379 e. The van der Waals surface area contributed by atoms with Crippen molar-refractivity contribution < 1.29 is 14.2 Å². The zero-order valence-corrected chi connectivity index (χ0v) is 11.3. The molecule has 0 aliphatic carbocycles. The number of hydrogen-bond acceptors (Lipinski definition) is 3. The van der Waals surface area contributed by atoms with Crippen molar-refractivity contribution in [3.05, 3.63) is 0 Å². The van der Waals surface area contributed by atoms with Crippen LogP contribution in [0.5, 0.6) is 0 Å². The maximum Gasteiger partial charge on any atom is 0.0785 e. The molecule has 0 aromatic rings. The predicted octanol–water partition coefficient (Wildman–Crippen LogP) is 3.02. The zero-order valence-electron chi connectivity index (χ0n) is 11.3.